The first-order valence-corrected chi connectivity index (χ1v) is 12.5. The monoisotopic (exact) mass is 561 g/mol. The second-order valence-electron chi connectivity index (χ2n) is 5.79. The lowest BCUT2D eigenvalue weighted by molar-refractivity contribution is 0.583. The zero-order valence-electron chi connectivity index (χ0n) is 14.2. The highest BCUT2D eigenvalue weighted by Crippen LogP contribution is 2.41. The fourth-order valence-electron chi connectivity index (χ4n) is 2.65. The highest BCUT2D eigenvalue weighted by atomic mass is 127. The molecule has 4 rings (SSSR count). The van der Waals surface area contributed by atoms with Gasteiger partial charge in [-0.05, 0) is 34.2 Å². The molecule has 0 aliphatic carbocycles. The van der Waals surface area contributed by atoms with E-state index in [4.69, 9.17) is 11.6 Å². The van der Waals surface area contributed by atoms with E-state index in [1.807, 2.05) is 51.4 Å². The van der Waals surface area contributed by atoms with E-state index in [0.717, 1.165) is 32.8 Å². The van der Waals surface area contributed by atoms with Gasteiger partial charge in [-0.1, -0.05) is 54.1 Å². The first-order chi connectivity index (χ1) is 13.4. The highest BCUT2D eigenvalue weighted by Gasteiger charge is 2.21. The van der Waals surface area contributed by atoms with Crippen LogP contribution in [0.5, 0.6) is 0 Å². The molecule has 2 heterocycles. The average molecular weight is 562 g/mol. The molecule has 2 aromatic heterocycles. The van der Waals surface area contributed by atoms with Crippen molar-refractivity contribution in [3.05, 3.63) is 71.5 Å². The maximum Gasteiger partial charge on any atom is 0.250 e. The van der Waals surface area contributed by atoms with Crippen LogP contribution in [0.3, 0.4) is 0 Å². The number of sulfonamides is 1. The summed E-state index contributed by atoms with van der Waals surface area (Å²) in [6.45, 7) is 0.208. The van der Waals surface area contributed by atoms with E-state index in [0.29, 0.717) is 9.23 Å². The number of hydrogen-bond donors (Lipinski definition) is 1. The molecule has 28 heavy (non-hydrogen) atoms. The first kappa shape index (κ1) is 20.2. The van der Waals surface area contributed by atoms with Gasteiger partial charge >= 0.3 is 0 Å². The van der Waals surface area contributed by atoms with E-state index in [-0.39, 0.29) is 10.8 Å². The maximum absolute atomic E-state index is 12.8. The standard InChI is InChI=1S/C18H13ClIN3O2S3/c19-15-10-16(26-17(15)27-18-21-8-9-23(18)20)28(24,25)22-11-13-6-3-5-12-4-1-2-7-14(12)13/h1-10,22H,11H2. The summed E-state index contributed by atoms with van der Waals surface area (Å²) in [7, 11) is -3.68. The van der Waals surface area contributed by atoms with Crippen LogP contribution in [-0.4, -0.2) is 16.2 Å². The zero-order valence-corrected chi connectivity index (χ0v) is 19.5. The third-order valence-corrected chi connectivity index (χ3v) is 9.80. The van der Waals surface area contributed by atoms with Gasteiger partial charge in [-0.15, -0.1) is 11.3 Å². The van der Waals surface area contributed by atoms with Gasteiger partial charge < -0.3 is 0 Å². The van der Waals surface area contributed by atoms with Gasteiger partial charge in [-0.3, -0.25) is 2.78 Å². The molecule has 144 valence electrons. The van der Waals surface area contributed by atoms with E-state index in [1.165, 1.54) is 17.8 Å². The van der Waals surface area contributed by atoms with E-state index in [9.17, 15) is 8.42 Å². The lowest BCUT2D eigenvalue weighted by atomic mass is 10.1. The molecule has 0 fully saturated rings. The number of rotatable bonds is 6. The van der Waals surface area contributed by atoms with Gasteiger partial charge in [0.05, 0.1) is 32.1 Å². The van der Waals surface area contributed by atoms with Crippen molar-refractivity contribution >= 4 is 78.4 Å². The normalized spacial score (nSPS) is 11.9. The predicted molar refractivity (Wildman–Crippen MR) is 123 cm³/mol. The number of hydrogen-bond acceptors (Lipinski definition) is 5. The number of imidazole rings is 1. The Morgan fingerprint density at radius 2 is 2.00 bits per heavy atom. The Hall–Kier alpha value is -1.11. The second kappa shape index (κ2) is 8.33. The number of benzene rings is 2. The zero-order chi connectivity index (χ0) is 19.7. The number of nitrogens with one attached hydrogen (secondary N) is 1. The molecule has 4 aromatic rings. The third kappa shape index (κ3) is 4.24. The fraction of sp³-hybridized carbons (Fsp3) is 0.0556. The summed E-state index contributed by atoms with van der Waals surface area (Å²) in [5, 5.41) is 3.24. The van der Waals surface area contributed by atoms with Crippen LogP contribution in [0.25, 0.3) is 10.8 Å². The van der Waals surface area contributed by atoms with Crippen molar-refractivity contribution in [1.29, 1.82) is 0 Å². The largest absolute Gasteiger partial charge is 0.267 e. The molecule has 0 spiro atoms. The molecule has 0 bridgehead atoms. The number of nitrogens with zero attached hydrogens (tertiary/aromatic N) is 2. The highest BCUT2D eigenvalue weighted by molar-refractivity contribution is 14.1. The summed E-state index contributed by atoms with van der Waals surface area (Å²) in [6.07, 6.45) is 3.49. The van der Waals surface area contributed by atoms with Crippen molar-refractivity contribution in [3.63, 3.8) is 0 Å². The van der Waals surface area contributed by atoms with Gasteiger partial charge in [0, 0.05) is 18.9 Å². The Labute approximate surface area is 189 Å². The number of thiophene rings is 1. The van der Waals surface area contributed by atoms with Gasteiger partial charge in [0.1, 0.15) is 4.21 Å². The second-order valence-corrected chi connectivity index (χ2v) is 11.5. The van der Waals surface area contributed by atoms with Crippen molar-refractivity contribution in [2.45, 2.75) is 20.1 Å². The number of aromatic nitrogens is 2. The smallest absolute Gasteiger partial charge is 0.250 e. The summed E-state index contributed by atoms with van der Waals surface area (Å²) >= 11 is 10.9. The van der Waals surface area contributed by atoms with Gasteiger partial charge in [0.25, 0.3) is 0 Å². The van der Waals surface area contributed by atoms with E-state index < -0.39 is 10.0 Å². The van der Waals surface area contributed by atoms with E-state index in [2.05, 4.69) is 32.6 Å². The quantitative estimate of drug-likeness (QED) is 0.312. The van der Waals surface area contributed by atoms with Gasteiger partial charge in [0.15, 0.2) is 5.16 Å². The van der Waals surface area contributed by atoms with Crippen LogP contribution in [0, 0.1) is 0 Å². The van der Waals surface area contributed by atoms with Crippen LogP contribution in [0.4, 0.5) is 0 Å². The third-order valence-electron chi connectivity index (χ3n) is 3.98. The molecule has 10 heteroatoms. The van der Waals surface area contributed by atoms with Crippen LogP contribution in [0.2, 0.25) is 5.02 Å². The molecule has 0 aliphatic rings. The summed E-state index contributed by atoms with van der Waals surface area (Å²) in [4.78, 5) is 4.23. The van der Waals surface area contributed by atoms with Gasteiger partial charge in [-0.25, -0.2) is 18.1 Å². The van der Waals surface area contributed by atoms with E-state index in [1.54, 1.807) is 6.20 Å². The van der Waals surface area contributed by atoms with Crippen molar-refractivity contribution in [2.24, 2.45) is 0 Å². The molecule has 0 atom stereocenters. The maximum atomic E-state index is 12.8. The first-order valence-electron chi connectivity index (χ1n) is 8.07. The van der Waals surface area contributed by atoms with E-state index >= 15 is 0 Å². The lowest BCUT2D eigenvalue weighted by Gasteiger charge is -2.08. The Bertz CT molecular complexity index is 1250. The van der Waals surface area contributed by atoms with Crippen molar-refractivity contribution in [1.82, 2.24) is 12.5 Å². The lowest BCUT2D eigenvalue weighted by Crippen LogP contribution is -2.22. The molecule has 0 aliphatic heterocycles. The summed E-state index contributed by atoms with van der Waals surface area (Å²) in [5.74, 6) is 0. The number of halogens is 2. The minimum atomic E-state index is -3.68. The SMILES string of the molecule is O=S(=O)(NCc1cccc2ccccc12)c1cc(Cl)c(Sc2nccn2I)s1. The molecular formula is C18H13ClIN3O2S3. The van der Waals surface area contributed by atoms with Crippen molar-refractivity contribution < 1.29 is 8.42 Å². The van der Waals surface area contributed by atoms with Gasteiger partial charge in [-0.2, -0.15) is 0 Å². The molecule has 0 saturated carbocycles. The number of fused-ring (bicyclic) bond motifs is 1. The average Bonchev–Trinajstić information content (AvgIpc) is 3.26. The molecule has 2 aromatic carbocycles. The molecular weight excluding hydrogens is 549 g/mol. The molecule has 0 unspecified atom stereocenters. The van der Waals surface area contributed by atoms with Crippen LogP contribution >= 0.6 is 57.6 Å². The molecule has 1 N–H and O–H groups in total. The molecule has 5 nitrogen and oxygen atoms in total. The van der Waals surface area contributed by atoms with Crippen LogP contribution < -0.4 is 4.72 Å². The fourth-order valence-corrected chi connectivity index (χ4v) is 7.23. The summed E-state index contributed by atoms with van der Waals surface area (Å²) in [6, 6.07) is 15.2. The minimum absolute atomic E-state index is 0.187. The predicted octanol–water partition coefficient (Wildman–Crippen LogP) is 5.58. The summed E-state index contributed by atoms with van der Waals surface area (Å²) in [5.41, 5.74) is 0.922. The topological polar surface area (TPSA) is 64.0 Å². The molecule has 0 saturated heterocycles. The van der Waals surface area contributed by atoms with Crippen molar-refractivity contribution in [3.8, 4) is 0 Å². The Kier molecular flexibility index (Phi) is 6.00. The Morgan fingerprint density at radius 3 is 2.79 bits per heavy atom. The molecule has 0 radical (unpaired) electrons. The van der Waals surface area contributed by atoms with Crippen molar-refractivity contribution in [2.75, 3.05) is 0 Å². The summed E-state index contributed by atoms with van der Waals surface area (Å²) < 4.78 is 31.0. The Balaban J connectivity index is 1.55. The molecule has 0 amide bonds. The van der Waals surface area contributed by atoms with Crippen LogP contribution in [0.15, 0.2) is 74.5 Å². The van der Waals surface area contributed by atoms with Crippen LogP contribution in [0.1, 0.15) is 5.56 Å². The van der Waals surface area contributed by atoms with Gasteiger partial charge in [0.2, 0.25) is 10.0 Å². The Morgan fingerprint density at radius 1 is 1.21 bits per heavy atom. The minimum Gasteiger partial charge on any atom is -0.267 e. The van der Waals surface area contributed by atoms with Crippen LogP contribution in [-0.2, 0) is 16.6 Å².